The van der Waals surface area contributed by atoms with Gasteiger partial charge in [-0.15, -0.1) is 11.3 Å². The molecule has 7 heteroatoms. The van der Waals surface area contributed by atoms with Gasteiger partial charge in [-0.3, -0.25) is 0 Å². The summed E-state index contributed by atoms with van der Waals surface area (Å²) < 4.78 is 0. The van der Waals surface area contributed by atoms with Crippen molar-refractivity contribution in [1.82, 2.24) is 10.6 Å². The highest BCUT2D eigenvalue weighted by Gasteiger charge is 2.19. The molecule has 0 aliphatic rings. The Bertz CT molecular complexity index is 433. The second-order valence-electron chi connectivity index (χ2n) is 3.95. The number of aliphatic carboxylic acids is 1. The standard InChI is InChI=1S/C12H18N2O4S/c1-2-8-4-6-19-10(8)7-13-12(18)14-9(3-5-15)11(16)17/h4,6,9,15H,2-3,5,7H2,1H3,(H,16,17)(H2,13,14,18)/t9-/m1/s1. The number of carbonyl (C=O) groups is 2. The lowest BCUT2D eigenvalue weighted by Gasteiger charge is -2.14. The molecule has 0 aliphatic heterocycles. The van der Waals surface area contributed by atoms with Gasteiger partial charge in [0.15, 0.2) is 0 Å². The van der Waals surface area contributed by atoms with E-state index in [1.807, 2.05) is 18.4 Å². The minimum absolute atomic E-state index is 0.0119. The molecule has 1 heterocycles. The monoisotopic (exact) mass is 286 g/mol. The lowest BCUT2D eigenvalue weighted by molar-refractivity contribution is -0.139. The van der Waals surface area contributed by atoms with E-state index >= 15 is 0 Å². The summed E-state index contributed by atoms with van der Waals surface area (Å²) >= 11 is 1.55. The number of aryl methyl sites for hydroxylation is 1. The van der Waals surface area contributed by atoms with Gasteiger partial charge in [0.25, 0.3) is 0 Å². The second-order valence-corrected chi connectivity index (χ2v) is 4.95. The van der Waals surface area contributed by atoms with Crippen LogP contribution in [0.25, 0.3) is 0 Å². The average molecular weight is 286 g/mol. The van der Waals surface area contributed by atoms with E-state index in [2.05, 4.69) is 10.6 Å². The Kier molecular flexibility index (Phi) is 6.31. The fourth-order valence-electron chi connectivity index (χ4n) is 1.59. The molecule has 106 valence electrons. The summed E-state index contributed by atoms with van der Waals surface area (Å²) in [5.74, 6) is -1.16. The van der Waals surface area contributed by atoms with Crippen molar-refractivity contribution in [2.75, 3.05) is 6.61 Å². The number of thiophene rings is 1. The van der Waals surface area contributed by atoms with Crippen molar-refractivity contribution in [1.29, 1.82) is 0 Å². The van der Waals surface area contributed by atoms with Crippen LogP contribution in [0.4, 0.5) is 4.79 Å². The van der Waals surface area contributed by atoms with Crippen LogP contribution in [0.15, 0.2) is 11.4 Å². The van der Waals surface area contributed by atoms with Crippen molar-refractivity contribution in [2.45, 2.75) is 32.4 Å². The summed E-state index contributed by atoms with van der Waals surface area (Å²) in [5, 5.41) is 24.4. The van der Waals surface area contributed by atoms with Crippen LogP contribution in [0.3, 0.4) is 0 Å². The van der Waals surface area contributed by atoms with Crippen LogP contribution in [-0.2, 0) is 17.8 Å². The number of hydrogen-bond acceptors (Lipinski definition) is 4. The maximum atomic E-state index is 11.6. The summed E-state index contributed by atoms with van der Waals surface area (Å²) in [6.07, 6.45) is 0.881. The van der Waals surface area contributed by atoms with E-state index in [1.165, 1.54) is 5.56 Å². The van der Waals surface area contributed by atoms with Crippen molar-refractivity contribution in [3.8, 4) is 0 Å². The number of carboxylic acid groups (broad SMARTS) is 1. The van der Waals surface area contributed by atoms with Crippen LogP contribution in [0, 0.1) is 0 Å². The predicted octanol–water partition coefficient (Wildman–Crippen LogP) is 0.945. The number of carbonyl (C=O) groups excluding carboxylic acids is 1. The fourth-order valence-corrected chi connectivity index (χ4v) is 2.51. The Morgan fingerprint density at radius 1 is 1.47 bits per heavy atom. The van der Waals surface area contributed by atoms with Crippen molar-refractivity contribution < 1.29 is 19.8 Å². The molecule has 6 nitrogen and oxygen atoms in total. The van der Waals surface area contributed by atoms with Crippen LogP contribution in [0.1, 0.15) is 23.8 Å². The summed E-state index contributed by atoms with van der Waals surface area (Å²) in [5.41, 5.74) is 1.18. The molecule has 1 rings (SSSR count). The second kappa shape index (κ2) is 7.75. The Balaban J connectivity index is 2.44. The molecule has 0 aromatic carbocycles. The average Bonchev–Trinajstić information content (AvgIpc) is 2.83. The number of urea groups is 1. The van der Waals surface area contributed by atoms with Gasteiger partial charge >= 0.3 is 12.0 Å². The van der Waals surface area contributed by atoms with E-state index in [4.69, 9.17) is 10.2 Å². The van der Waals surface area contributed by atoms with Gasteiger partial charge < -0.3 is 20.8 Å². The molecule has 0 radical (unpaired) electrons. The maximum absolute atomic E-state index is 11.6. The van der Waals surface area contributed by atoms with Crippen LogP contribution in [0.2, 0.25) is 0 Å². The molecule has 0 aliphatic carbocycles. The molecule has 19 heavy (non-hydrogen) atoms. The van der Waals surface area contributed by atoms with Crippen LogP contribution < -0.4 is 10.6 Å². The van der Waals surface area contributed by atoms with Gasteiger partial charge in [0.1, 0.15) is 6.04 Å². The molecule has 1 aromatic heterocycles. The molecule has 4 N–H and O–H groups in total. The molecule has 0 unspecified atom stereocenters. The van der Waals surface area contributed by atoms with Crippen molar-refractivity contribution in [2.24, 2.45) is 0 Å². The number of aliphatic hydroxyl groups is 1. The quantitative estimate of drug-likeness (QED) is 0.599. The van der Waals surface area contributed by atoms with Gasteiger partial charge in [-0.25, -0.2) is 9.59 Å². The first-order valence-corrected chi connectivity index (χ1v) is 6.89. The lowest BCUT2D eigenvalue weighted by Crippen LogP contribution is -2.46. The Labute approximate surface area is 115 Å². The first kappa shape index (κ1) is 15.5. The maximum Gasteiger partial charge on any atom is 0.326 e. The molecule has 1 atom stereocenters. The number of amides is 2. The van der Waals surface area contributed by atoms with Gasteiger partial charge in [-0.05, 0) is 23.4 Å². The minimum Gasteiger partial charge on any atom is -0.480 e. The van der Waals surface area contributed by atoms with E-state index in [0.29, 0.717) is 6.54 Å². The predicted molar refractivity (Wildman–Crippen MR) is 72.2 cm³/mol. The van der Waals surface area contributed by atoms with Crippen LogP contribution in [-0.4, -0.2) is 34.9 Å². The molecular formula is C12H18N2O4S. The highest BCUT2D eigenvalue weighted by Crippen LogP contribution is 2.16. The van der Waals surface area contributed by atoms with Crippen LogP contribution >= 0.6 is 11.3 Å². The molecule has 2 amide bonds. The zero-order chi connectivity index (χ0) is 14.3. The summed E-state index contributed by atoms with van der Waals surface area (Å²) in [7, 11) is 0. The van der Waals surface area contributed by atoms with Crippen LogP contribution in [0.5, 0.6) is 0 Å². The summed E-state index contributed by atoms with van der Waals surface area (Å²) in [4.78, 5) is 23.4. The molecular weight excluding hydrogens is 268 g/mol. The van der Waals surface area contributed by atoms with Gasteiger partial charge in [-0.1, -0.05) is 6.92 Å². The topological polar surface area (TPSA) is 98.7 Å². The number of aliphatic hydroxyl groups excluding tert-OH is 1. The first-order valence-electron chi connectivity index (χ1n) is 6.01. The van der Waals surface area contributed by atoms with Crippen molar-refractivity contribution >= 4 is 23.3 Å². The third-order valence-corrected chi connectivity index (χ3v) is 3.61. The van der Waals surface area contributed by atoms with E-state index in [9.17, 15) is 9.59 Å². The van der Waals surface area contributed by atoms with E-state index < -0.39 is 18.0 Å². The molecule has 0 fully saturated rings. The Morgan fingerprint density at radius 2 is 2.21 bits per heavy atom. The molecule has 0 saturated heterocycles. The van der Waals surface area contributed by atoms with Gasteiger partial charge in [-0.2, -0.15) is 0 Å². The molecule has 0 bridgehead atoms. The zero-order valence-electron chi connectivity index (χ0n) is 10.7. The van der Waals surface area contributed by atoms with E-state index in [1.54, 1.807) is 11.3 Å². The SMILES string of the molecule is CCc1ccsc1CNC(=O)N[C@H](CCO)C(=O)O. The largest absolute Gasteiger partial charge is 0.480 e. The number of nitrogens with one attached hydrogen (secondary N) is 2. The molecule has 1 aromatic rings. The molecule has 0 spiro atoms. The minimum atomic E-state index is -1.16. The third-order valence-electron chi connectivity index (χ3n) is 2.65. The number of carboxylic acids is 1. The van der Waals surface area contributed by atoms with Crippen molar-refractivity contribution in [3.05, 3.63) is 21.9 Å². The summed E-state index contributed by atoms with van der Waals surface area (Å²) in [6.45, 7) is 2.12. The highest BCUT2D eigenvalue weighted by molar-refractivity contribution is 7.10. The molecule has 0 saturated carbocycles. The van der Waals surface area contributed by atoms with Gasteiger partial charge in [0.05, 0.1) is 6.54 Å². The highest BCUT2D eigenvalue weighted by atomic mass is 32.1. The Morgan fingerprint density at radius 3 is 2.79 bits per heavy atom. The smallest absolute Gasteiger partial charge is 0.326 e. The first-order chi connectivity index (χ1) is 9.08. The lowest BCUT2D eigenvalue weighted by atomic mass is 10.2. The van der Waals surface area contributed by atoms with Crippen molar-refractivity contribution in [3.63, 3.8) is 0 Å². The zero-order valence-corrected chi connectivity index (χ0v) is 11.5. The third kappa shape index (κ3) is 4.88. The summed E-state index contributed by atoms with van der Waals surface area (Å²) in [6, 6.07) is 0.390. The number of rotatable bonds is 7. The fraction of sp³-hybridized carbons (Fsp3) is 0.500. The van der Waals surface area contributed by atoms with E-state index in [0.717, 1.165) is 11.3 Å². The van der Waals surface area contributed by atoms with Gasteiger partial charge in [0.2, 0.25) is 0 Å². The normalized spacial score (nSPS) is 11.9. The van der Waals surface area contributed by atoms with E-state index in [-0.39, 0.29) is 13.0 Å². The number of hydrogen-bond donors (Lipinski definition) is 4. The van der Waals surface area contributed by atoms with Gasteiger partial charge in [0, 0.05) is 17.9 Å². The Hall–Kier alpha value is -1.60.